The lowest BCUT2D eigenvalue weighted by atomic mass is 10.2. The number of hydrogen-bond donors (Lipinski definition) is 1. The van der Waals surface area contributed by atoms with Crippen LogP contribution >= 0.6 is 11.6 Å². The predicted octanol–water partition coefficient (Wildman–Crippen LogP) is 2.35. The Bertz CT molecular complexity index is 1070. The Balaban J connectivity index is 1.54. The zero-order valence-corrected chi connectivity index (χ0v) is 15.6. The number of methoxy groups -OCH3 is 1. The number of halogens is 1. The minimum Gasteiger partial charge on any atom is -0.495 e. The highest BCUT2D eigenvalue weighted by Gasteiger charge is 2.36. The molecule has 1 unspecified atom stereocenters. The molecule has 0 radical (unpaired) electrons. The number of nitrogens with zero attached hydrogens (tertiary/aromatic N) is 4. The van der Waals surface area contributed by atoms with Crippen molar-refractivity contribution in [3.05, 3.63) is 29.2 Å². The van der Waals surface area contributed by atoms with E-state index >= 15 is 0 Å². The third-order valence-corrected chi connectivity index (χ3v) is 4.86. The van der Waals surface area contributed by atoms with Crippen molar-refractivity contribution in [1.29, 1.82) is 0 Å². The van der Waals surface area contributed by atoms with E-state index in [0.717, 1.165) is 0 Å². The van der Waals surface area contributed by atoms with Crippen LogP contribution in [-0.4, -0.2) is 46.4 Å². The standard InChI is InChI=1S/C17H16ClN5O4/c1-8-15(25)14-16(22(8)2)19-7-23(14)6-13(24)21-17-20-10-5-11(26-3)9(18)4-12(10)27-17/h4-5,7-8H,6H2,1-3H3,(H,20,21,24). The number of ketones is 1. The Morgan fingerprint density at radius 2 is 2.22 bits per heavy atom. The number of ether oxygens (including phenoxy) is 1. The molecule has 3 aromatic rings. The van der Waals surface area contributed by atoms with Crippen molar-refractivity contribution in [2.45, 2.75) is 19.5 Å². The summed E-state index contributed by atoms with van der Waals surface area (Å²) in [6.45, 7) is 1.71. The van der Waals surface area contributed by atoms with Crippen LogP contribution in [-0.2, 0) is 11.3 Å². The lowest BCUT2D eigenvalue weighted by Gasteiger charge is -2.14. The summed E-state index contributed by atoms with van der Waals surface area (Å²) in [5, 5.41) is 2.96. The summed E-state index contributed by atoms with van der Waals surface area (Å²) in [5.41, 5.74) is 1.35. The van der Waals surface area contributed by atoms with Gasteiger partial charge in [-0.15, -0.1) is 0 Å². The first-order chi connectivity index (χ1) is 12.9. The summed E-state index contributed by atoms with van der Waals surface area (Å²) in [6.07, 6.45) is 1.47. The maximum absolute atomic E-state index is 12.4. The summed E-state index contributed by atoms with van der Waals surface area (Å²) >= 11 is 6.06. The molecule has 1 amide bonds. The number of oxazole rings is 1. The Labute approximate surface area is 158 Å². The van der Waals surface area contributed by atoms with Crippen molar-refractivity contribution < 1.29 is 18.7 Å². The average molecular weight is 390 g/mol. The van der Waals surface area contributed by atoms with Gasteiger partial charge < -0.3 is 18.6 Å². The van der Waals surface area contributed by atoms with Gasteiger partial charge in [-0.05, 0) is 6.92 Å². The van der Waals surface area contributed by atoms with Gasteiger partial charge in [0.05, 0.1) is 24.5 Å². The molecule has 1 aromatic carbocycles. The van der Waals surface area contributed by atoms with E-state index in [0.29, 0.717) is 33.4 Å². The molecule has 0 spiro atoms. The number of rotatable bonds is 4. The zero-order valence-electron chi connectivity index (χ0n) is 14.8. The number of fused-ring (bicyclic) bond motifs is 2. The smallest absolute Gasteiger partial charge is 0.302 e. The molecule has 10 heteroatoms. The Hall–Kier alpha value is -3.07. The second-order valence-corrected chi connectivity index (χ2v) is 6.62. The number of benzene rings is 1. The van der Waals surface area contributed by atoms with Crippen LogP contribution < -0.4 is 15.0 Å². The molecule has 1 N–H and O–H groups in total. The molecule has 0 bridgehead atoms. The molecule has 140 valence electrons. The lowest BCUT2D eigenvalue weighted by molar-refractivity contribution is -0.116. The number of imidazole rings is 1. The highest BCUT2D eigenvalue weighted by molar-refractivity contribution is 6.32. The molecule has 3 heterocycles. The summed E-state index contributed by atoms with van der Waals surface area (Å²) < 4.78 is 12.2. The zero-order chi connectivity index (χ0) is 19.3. The monoisotopic (exact) mass is 389 g/mol. The van der Waals surface area contributed by atoms with Gasteiger partial charge >= 0.3 is 6.01 Å². The summed E-state index contributed by atoms with van der Waals surface area (Å²) in [5.74, 6) is 0.571. The van der Waals surface area contributed by atoms with Gasteiger partial charge in [0.1, 0.15) is 23.5 Å². The molecular formula is C17H16ClN5O4. The molecule has 1 aliphatic rings. The highest BCUT2D eigenvalue weighted by Crippen LogP contribution is 2.31. The van der Waals surface area contributed by atoms with Gasteiger partial charge in [-0.3, -0.25) is 14.9 Å². The van der Waals surface area contributed by atoms with Crippen LogP contribution in [0, 0.1) is 0 Å². The molecule has 27 heavy (non-hydrogen) atoms. The van der Waals surface area contributed by atoms with Gasteiger partial charge in [-0.1, -0.05) is 11.6 Å². The fraction of sp³-hybridized carbons (Fsp3) is 0.294. The van der Waals surface area contributed by atoms with Crippen LogP contribution in [0.1, 0.15) is 17.4 Å². The normalized spacial score (nSPS) is 16.1. The van der Waals surface area contributed by atoms with E-state index in [4.69, 9.17) is 20.8 Å². The van der Waals surface area contributed by atoms with Crippen LogP contribution in [0.5, 0.6) is 5.75 Å². The largest absolute Gasteiger partial charge is 0.495 e. The molecule has 4 rings (SSSR count). The molecule has 9 nitrogen and oxygen atoms in total. The van der Waals surface area contributed by atoms with Crippen LogP contribution in [0.25, 0.3) is 11.1 Å². The van der Waals surface area contributed by atoms with Crippen LogP contribution in [0.3, 0.4) is 0 Å². The Morgan fingerprint density at radius 3 is 2.96 bits per heavy atom. The van der Waals surface area contributed by atoms with Gasteiger partial charge in [-0.2, -0.15) is 4.98 Å². The van der Waals surface area contributed by atoms with Crippen LogP contribution in [0.2, 0.25) is 5.02 Å². The van der Waals surface area contributed by atoms with Crippen LogP contribution in [0.4, 0.5) is 11.8 Å². The van der Waals surface area contributed by atoms with Gasteiger partial charge in [-0.25, -0.2) is 4.98 Å². The number of likely N-dealkylation sites (N-methyl/N-ethyl adjacent to an activating group) is 1. The minimum absolute atomic E-state index is 0.0351. The molecule has 2 aromatic heterocycles. The fourth-order valence-corrected chi connectivity index (χ4v) is 3.24. The van der Waals surface area contributed by atoms with Gasteiger partial charge in [0.15, 0.2) is 11.4 Å². The van der Waals surface area contributed by atoms with E-state index in [1.807, 2.05) is 0 Å². The molecular weight excluding hydrogens is 374 g/mol. The van der Waals surface area contributed by atoms with E-state index in [-0.39, 0.29) is 24.4 Å². The molecule has 1 aliphatic heterocycles. The SMILES string of the molecule is COc1cc2nc(NC(=O)Cn3cnc4c3C(=O)C(C)N4C)oc2cc1Cl. The first kappa shape index (κ1) is 17.3. The number of hydrogen-bond acceptors (Lipinski definition) is 7. The summed E-state index contributed by atoms with van der Waals surface area (Å²) in [6, 6.07) is 2.93. The van der Waals surface area contributed by atoms with Gasteiger partial charge in [0.2, 0.25) is 11.7 Å². The third-order valence-electron chi connectivity index (χ3n) is 4.57. The third kappa shape index (κ3) is 2.80. The quantitative estimate of drug-likeness (QED) is 0.730. The van der Waals surface area contributed by atoms with E-state index < -0.39 is 5.91 Å². The second kappa shape index (κ2) is 6.27. The number of anilines is 2. The Morgan fingerprint density at radius 1 is 1.44 bits per heavy atom. The van der Waals surface area contributed by atoms with E-state index in [1.54, 1.807) is 31.0 Å². The van der Waals surface area contributed by atoms with E-state index in [2.05, 4.69) is 15.3 Å². The number of Topliss-reactive ketones (excluding diaryl/α,β-unsaturated/α-hetero) is 1. The maximum atomic E-state index is 12.4. The first-order valence-electron chi connectivity index (χ1n) is 8.15. The number of nitrogens with one attached hydrogen (secondary N) is 1. The number of aromatic nitrogens is 3. The topological polar surface area (TPSA) is 102 Å². The van der Waals surface area contributed by atoms with Crippen molar-refractivity contribution >= 4 is 46.2 Å². The lowest BCUT2D eigenvalue weighted by Crippen LogP contribution is -2.29. The van der Waals surface area contributed by atoms with Crippen molar-refractivity contribution in [3.8, 4) is 5.75 Å². The first-order valence-corrected chi connectivity index (χ1v) is 8.53. The number of amides is 1. The van der Waals surface area contributed by atoms with Crippen molar-refractivity contribution in [2.75, 3.05) is 24.4 Å². The predicted molar refractivity (Wildman–Crippen MR) is 98.6 cm³/mol. The molecule has 0 fully saturated rings. The molecule has 1 atom stereocenters. The number of carbonyl (C=O) groups excluding carboxylic acids is 2. The highest BCUT2D eigenvalue weighted by atomic mass is 35.5. The second-order valence-electron chi connectivity index (χ2n) is 6.22. The summed E-state index contributed by atoms with van der Waals surface area (Å²) in [7, 11) is 3.29. The summed E-state index contributed by atoms with van der Waals surface area (Å²) in [4.78, 5) is 34.9. The van der Waals surface area contributed by atoms with Gasteiger partial charge in [0, 0.05) is 19.2 Å². The van der Waals surface area contributed by atoms with Crippen LogP contribution in [0.15, 0.2) is 22.9 Å². The van der Waals surface area contributed by atoms with Crippen molar-refractivity contribution in [2.24, 2.45) is 0 Å². The fourth-order valence-electron chi connectivity index (χ4n) is 3.01. The maximum Gasteiger partial charge on any atom is 0.302 e. The minimum atomic E-state index is -0.394. The van der Waals surface area contributed by atoms with Crippen molar-refractivity contribution in [3.63, 3.8) is 0 Å². The number of carbonyl (C=O) groups is 2. The van der Waals surface area contributed by atoms with E-state index in [1.165, 1.54) is 18.0 Å². The molecule has 0 saturated carbocycles. The van der Waals surface area contributed by atoms with E-state index in [9.17, 15) is 9.59 Å². The van der Waals surface area contributed by atoms with Crippen molar-refractivity contribution in [1.82, 2.24) is 14.5 Å². The molecule has 0 saturated heterocycles. The average Bonchev–Trinajstić information content (AvgIpc) is 3.26. The van der Waals surface area contributed by atoms with Gasteiger partial charge in [0.25, 0.3) is 0 Å². The Kier molecular flexibility index (Phi) is 4.03. The molecule has 0 aliphatic carbocycles.